The zero-order valence-corrected chi connectivity index (χ0v) is 9.80. The summed E-state index contributed by atoms with van der Waals surface area (Å²) < 4.78 is 11.3. The highest BCUT2D eigenvalue weighted by Crippen LogP contribution is 2.34. The molecule has 14 heavy (non-hydrogen) atoms. The van der Waals surface area contributed by atoms with E-state index in [1.165, 1.54) is 0 Å². The molecule has 0 fully saturated rings. The Hall–Kier alpha value is -0.160. The van der Waals surface area contributed by atoms with Crippen LogP contribution in [0.15, 0.2) is 0 Å². The normalized spacial score (nSPS) is 13.3. The molecule has 0 aliphatic heterocycles. The van der Waals surface area contributed by atoms with Crippen molar-refractivity contribution in [2.75, 3.05) is 26.3 Å². The molecule has 0 heterocycles. The molecule has 0 bridgehead atoms. The van der Waals surface area contributed by atoms with Crippen molar-refractivity contribution in [3.63, 3.8) is 0 Å². The minimum atomic E-state index is -0.619. The number of ether oxygens (including phenoxy) is 2. The lowest BCUT2D eigenvalue weighted by Crippen LogP contribution is -2.47. The van der Waals surface area contributed by atoms with Crippen LogP contribution in [0.1, 0.15) is 27.7 Å². The van der Waals surface area contributed by atoms with Crippen molar-refractivity contribution in [3.05, 3.63) is 0 Å². The van der Waals surface area contributed by atoms with Crippen LogP contribution in [0.3, 0.4) is 0 Å². The lowest BCUT2D eigenvalue weighted by Gasteiger charge is -2.41. The second-order valence-electron chi connectivity index (χ2n) is 4.47. The van der Waals surface area contributed by atoms with Crippen LogP contribution >= 0.6 is 0 Å². The first-order chi connectivity index (χ1) is 6.37. The van der Waals surface area contributed by atoms with Crippen molar-refractivity contribution in [3.8, 4) is 0 Å². The van der Waals surface area contributed by atoms with E-state index in [1.54, 1.807) is 0 Å². The van der Waals surface area contributed by atoms with Gasteiger partial charge in [0.1, 0.15) is 0 Å². The highest BCUT2D eigenvalue weighted by Gasteiger charge is 2.39. The van der Waals surface area contributed by atoms with Crippen LogP contribution in [0.5, 0.6) is 0 Å². The molecule has 0 spiro atoms. The highest BCUT2D eigenvalue weighted by atomic mass is 16.7. The molecule has 4 nitrogen and oxygen atoms in total. The number of nitrogens with two attached hydrogens (primary N) is 2. The minimum Gasteiger partial charge on any atom is -0.348 e. The van der Waals surface area contributed by atoms with E-state index in [9.17, 15) is 0 Å². The largest absolute Gasteiger partial charge is 0.348 e. The Morgan fingerprint density at radius 3 is 1.43 bits per heavy atom. The van der Waals surface area contributed by atoms with E-state index in [4.69, 9.17) is 20.9 Å². The van der Waals surface area contributed by atoms with Gasteiger partial charge in [0.25, 0.3) is 0 Å². The molecule has 0 aliphatic carbocycles. The van der Waals surface area contributed by atoms with Crippen LogP contribution < -0.4 is 11.5 Å². The fraction of sp³-hybridized carbons (Fsp3) is 1.00. The SMILES string of the molecule is CC(C)(C)C(C)(OCCN)OCCN. The fourth-order valence-corrected chi connectivity index (χ4v) is 0.982. The second kappa shape index (κ2) is 5.66. The number of hydrogen-bond donors (Lipinski definition) is 2. The molecule has 4 heteroatoms. The van der Waals surface area contributed by atoms with Gasteiger partial charge in [-0.15, -0.1) is 0 Å². The van der Waals surface area contributed by atoms with Gasteiger partial charge in [0.2, 0.25) is 0 Å². The smallest absolute Gasteiger partial charge is 0.170 e. The molecule has 0 aromatic carbocycles. The van der Waals surface area contributed by atoms with Crippen molar-refractivity contribution >= 4 is 0 Å². The maximum Gasteiger partial charge on any atom is 0.170 e. The molecule has 0 aromatic heterocycles. The Balaban J connectivity index is 4.33. The quantitative estimate of drug-likeness (QED) is 0.625. The predicted octanol–water partition coefficient (Wildman–Crippen LogP) is 0.699. The van der Waals surface area contributed by atoms with E-state index in [1.807, 2.05) is 6.92 Å². The summed E-state index contributed by atoms with van der Waals surface area (Å²) in [6.07, 6.45) is 0. The zero-order chi connectivity index (χ0) is 11.2. The van der Waals surface area contributed by atoms with Gasteiger partial charge in [-0.05, 0) is 6.92 Å². The van der Waals surface area contributed by atoms with Gasteiger partial charge in [0.15, 0.2) is 5.79 Å². The first-order valence-electron chi connectivity index (χ1n) is 5.05. The van der Waals surface area contributed by atoms with Crippen LogP contribution in [-0.4, -0.2) is 32.1 Å². The van der Waals surface area contributed by atoms with Crippen LogP contribution in [0.4, 0.5) is 0 Å². The van der Waals surface area contributed by atoms with E-state index in [-0.39, 0.29) is 5.41 Å². The Bertz CT molecular complexity index is 147. The Morgan fingerprint density at radius 2 is 1.21 bits per heavy atom. The van der Waals surface area contributed by atoms with Gasteiger partial charge in [-0.1, -0.05) is 20.8 Å². The standard InChI is InChI=1S/C10H24N2O2/c1-9(2,3)10(4,13-7-5-11)14-8-6-12/h5-8,11-12H2,1-4H3. The van der Waals surface area contributed by atoms with E-state index < -0.39 is 5.79 Å². The molecule has 0 unspecified atom stereocenters. The highest BCUT2D eigenvalue weighted by molar-refractivity contribution is 4.80. The molecule has 0 rings (SSSR count). The van der Waals surface area contributed by atoms with Gasteiger partial charge in [-0.3, -0.25) is 0 Å². The topological polar surface area (TPSA) is 70.5 Å². The molecule has 0 atom stereocenters. The summed E-state index contributed by atoms with van der Waals surface area (Å²) in [7, 11) is 0. The van der Waals surface area contributed by atoms with E-state index in [0.717, 1.165) is 0 Å². The van der Waals surface area contributed by atoms with Gasteiger partial charge < -0.3 is 20.9 Å². The minimum absolute atomic E-state index is 0.0999. The van der Waals surface area contributed by atoms with Crippen molar-refractivity contribution in [1.29, 1.82) is 0 Å². The molecular weight excluding hydrogens is 180 g/mol. The molecule has 0 saturated carbocycles. The average molecular weight is 204 g/mol. The molecule has 0 saturated heterocycles. The lowest BCUT2D eigenvalue weighted by molar-refractivity contribution is -0.275. The summed E-state index contributed by atoms with van der Waals surface area (Å²) in [5, 5.41) is 0. The summed E-state index contributed by atoms with van der Waals surface area (Å²) in [6, 6.07) is 0. The summed E-state index contributed by atoms with van der Waals surface area (Å²) in [5.74, 6) is -0.619. The third kappa shape index (κ3) is 3.92. The Kier molecular flexibility index (Phi) is 5.59. The Morgan fingerprint density at radius 1 is 0.857 bits per heavy atom. The second-order valence-corrected chi connectivity index (χ2v) is 4.47. The van der Waals surface area contributed by atoms with Crippen LogP contribution in [-0.2, 0) is 9.47 Å². The fourth-order valence-electron chi connectivity index (χ4n) is 0.982. The zero-order valence-electron chi connectivity index (χ0n) is 9.80. The Labute approximate surface area is 86.9 Å². The molecular formula is C10H24N2O2. The summed E-state index contributed by atoms with van der Waals surface area (Å²) in [4.78, 5) is 0. The maximum atomic E-state index is 5.64. The molecule has 0 aromatic rings. The lowest BCUT2D eigenvalue weighted by atomic mass is 9.86. The molecule has 86 valence electrons. The van der Waals surface area contributed by atoms with Gasteiger partial charge in [0, 0.05) is 18.5 Å². The van der Waals surface area contributed by atoms with Crippen molar-refractivity contribution in [2.45, 2.75) is 33.5 Å². The van der Waals surface area contributed by atoms with Gasteiger partial charge in [-0.25, -0.2) is 0 Å². The average Bonchev–Trinajstić information content (AvgIpc) is 2.09. The molecule has 0 aliphatic rings. The van der Waals surface area contributed by atoms with Crippen LogP contribution in [0.2, 0.25) is 0 Å². The van der Waals surface area contributed by atoms with Gasteiger partial charge in [0.05, 0.1) is 13.2 Å². The molecule has 0 amide bonds. The van der Waals surface area contributed by atoms with Gasteiger partial charge >= 0.3 is 0 Å². The molecule has 4 N–H and O–H groups in total. The first-order valence-corrected chi connectivity index (χ1v) is 5.05. The van der Waals surface area contributed by atoms with Crippen LogP contribution in [0.25, 0.3) is 0 Å². The molecule has 0 radical (unpaired) electrons. The van der Waals surface area contributed by atoms with E-state index >= 15 is 0 Å². The first kappa shape index (κ1) is 13.8. The van der Waals surface area contributed by atoms with E-state index in [0.29, 0.717) is 26.3 Å². The monoisotopic (exact) mass is 204 g/mol. The number of hydrogen-bond acceptors (Lipinski definition) is 4. The third-order valence-electron chi connectivity index (χ3n) is 2.35. The summed E-state index contributed by atoms with van der Waals surface area (Å²) in [6.45, 7) is 10.1. The van der Waals surface area contributed by atoms with E-state index in [2.05, 4.69) is 20.8 Å². The van der Waals surface area contributed by atoms with Crippen molar-refractivity contribution in [2.24, 2.45) is 16.9 Å². The summed E-state index contributed by atoms with van der Waals surface area (Å²) >= 11 is 0. The van der Waals surface area contributed by atoms with Gasteiger partial charge in [-0.2, -0.15) is 0 Å². The predicted molar refractivity (Wildman–Crippen MR) is 57.9 cm³/mol. The maximum absolute atomic E-state index is 5.64. The van der Waals surface area contributed by atoms with Crippen molar-refractivity contribution < 1.29 is 9.47 Å². The van der Waals surface area contributed by atoms with Crippen LogP contribution in [0, 0.1) is 5.41 Å². The third-order valence-corrected chi connectivity index (χ3v) is 2.35. The van der Waals surface area contributed by atoms with Crippen molar-refractivity contribution in [1.82, 2.24) is 0 Å². The number of rotatable bonds is 6. The summed E-state index contributed by atoms with van der Waals surface area (Å²) in [5.41, 5.74) is 10.7.